The molecule has 0 saturated carbocycles. The fourth-order valence-electron chi connectivity index (χ4n) is 4.30. The predicted molar refractivity (Wildman–Crippen MR) is 151 cm³/mol. The Hall–Kier alpha value is -4.47. The Morgan fingerprint density at radius 1 is 1.05 bits per heavy atom. The lowest BCUT2D eigenvalue weighted by molar-refractivity contribution is -0.141. The molecule has 0 fully saturated rings. The lowest BCUT2D eigenvalue weighted by Crippen LogP contribution is -2.39. The summed E-state index contributed by atoms with van der Waals surface area (Å²) >= 11 is 7.35. The van der Waals surface area contributed by atoms with E-state index in [1.165, 1.54) is 15.9 Å². The van der Waals surface area contributed by atoms with Crippen LogP contribution < -0.4 is 19.6 Å². The van der Waals surface area contributed by atoms with Crippen LogP contribution >= 0.6 is 22.9 Å². The number of esters is 1. The largest absolute Gasteiger partial charge is 0.482 e. The molecule has 8 nitrogen and oxygen atoms in total. The lowest BCUT2D eigenvalue weighted by atomic mass is 9.96. The van der Waals surface area contributed by atoms with Gasteiger partial charge in [-0.3, -0.25) is 9.36 Å². The summed E-state index contributed by atoms with van der Waals surface area (Å²) in [6.07, 6.45) is 1.72. The van der Waals surface area contributed by atoms with Crippen LogP contribution in [0.4, 0.5) is 0 Å². The van der Waals surface area contributed by atoms with E-state index in [0.717, 1.165) is 5.56 Å². The fraction of sp³-hybridized carbons (Fsp3) is 0.133. The van der Waals surface area contributed by atoms with Crippen molar-refractivity contribution in [1.29, 1.82) is 0 Å². The molecule has 3 aromatic carbocycles. The molecule has 1 atom stereocenters. The van der Waals surface area contributed by atoms with Crippen molar-refractivity contribution >= 4 is 41.0 Å². The minimum absolute atomic E-state index is 0.0837. The quantitative estimate of drug-likeness (QED) is 0.318. The number of allylic oxidation sites excluding steroid dienone is 1. The molecule has 2 heterocycles. The highest BCUT2D eigenvalue weighted by atomic mass is 35.5. The van der Waals surface area contributed by atoms with Crippen molar-refractivity contribution in [3.63, 3.8) is 0 Å². The topological polar surface area (TPSA) is 107 Å². The molecule has 40 heavy (non-hydrogen) atoms. The summed E-state index contributed by atoms with van der Waals surface area (Å²) in [5.41, 5.74) is 2.68. The molecule has 0 bridgehead atoms. The first-order chi connectivity index (χ1) is 19.3. The van der Waals surface area contributed by atoms with Crippen molar-refractivity contribution in [3.05, 3.63) is 132 Å². The van der Waals surface area contributed by atoms with Gasteiger partial charge in [-0.1, -0.05) is 77.5 Å². The number of halogens is 1. The summed E-state index contributed by atoms with van der Waals surface area (Å²) in [7, 11) is 0. The summed E-state index contributed by atoms with van der Waals surface area (Å²) in [6.45, 7) is 1.37. The normalized spacial score (nSPS) is 14.8. The summed E-state index contributed by atoms with van der Waals surface area (Å²) < 4.78 is 12.8. The molecule has 1 unspecified atom stereocenters. The Morgan fingerprint density at radius 3 is 2.42 bits per heavy atom. The second-order valence-corrected chi connectivity index (χ2v) is 10.4. The second kappa shape index (κ2) is 11.7. The number of hydrogen-bond donors (Lipinski definition) is 1. The number of carboxylic acid groups (broad SMARTS) is 1. The summed E-state index contributed by atoms with van der Waals surface area (Å²) in [5, 5.41) is 9.32. The highest BCUT2D eigenvalue weighted by molar-refractivity contribution is 7.07. The number of carbonyl (C=O) groups is 2. The highest BCUT2D eigenvalue weighted by Gasteiger charge is 2.33. The van der Waals surface area contributed by atoms with Crippen LogP contribution in [0.2, 0.25) is 5.02 Å². The third kappa shape index (κ3) is 5.90. The van der Waals surface area contributed by atoms with Crippen LogP contribution in [-0.2, 0) is 20.9 Å². The Labute approximate surface area is 237 Å². The minimum Gasteiger partial charge on any atom is -0.482 e. The van der Waals surface area contributed by atoms with Gasteiger partial charge in [-0.2, -0.15) is 0 Å². The molecule has 1 N–H and O–H groups in total. The van der Waals surface area contributed by atoms with E-state index in [2.05, 4.69) is 4.99 Å². The van der Waals surface area contributed by atoms with E-state index in [1.807, 2.05) is 30.3 Å². The van der Waals surface area contributed by atoms with Crippen LogP contribution in [0.25, 0.3) is 6.08 Å². The van der Waals surface area contributed by atoms with Crippen LogP contribution in [0.15, 0.2) is 99.9 Å². The van der Waals surface area contributed by atoms with Gasteiger partial charge in [-0.15, -0.1) is 0 Å². The van der Waals surface area contributed by atoms with E-state index in [1.54, 1.807) is 61.5 Å². The molecule has 0 radical (unpaired) electrons. The molecule has 202 valence electrons. The molecular formula is C30H23ClN2O6S. The van der Waals surface area contributed by atoms with Gasteiger partial charge in [0.25, 0.3) is 5.56 Å². The molecule has 1 aliphatic rings. The maximum atomic E-state index is 13.8. The van der Waals surface area contributed by atoms with Gasteiger partial charge in [-0.25, -0.2) is 14.6 Å². The number of hydrogen-bond acceptors (Lipinski definition) is 7. The van der Waals surface area contributed by atoms with E-state index in [-0.39, 0.29) is 17.7 Å². The molecule has 1 aromatic heterocycles. The first-order valence-electron chi connectivity index (χ1n) is 12.2. The number of ether oxygens (including phenoxy) is 2. The maximum absolute atomic E-state index is 13.8. The van der Waals surface area contributed by atoms with Gasteiger partial charge in [0, 0.05) is 5.02 Å². The van der Waals surface area contributed by atoms with Crippen LogP contribution in [0.1, 0.15) is 29.7 Å². The van der Waals surface area contributed by atoms with E-state index < -0.39 is 24.6 Å². The monoisotopic (exact) mass is 574 g/mol. The second-order valence-electron chi connectivity index (χ2n) is 8.95. The average Bonchev–Trinajstić information content (AvgIpc) is 3.25. The van der Waals surface area contributed by atoms with Gasteiger partial charge in [0.05, 0.1) is 21.8 Å². The van der Waals surface area contributed by atoms with Crippen LogP contribution in [0, 0.1) is 0 Å². The average molecular weight is 575 g/mol. The molecule has 10 heteroatoms. The Kier molecular flexibility index (Phi) is 7.95. The van der Waals surface area contributed by atoms with Gasteiger partial charge in [0.15, 0.2) is 11.4 Å². The van der Waals surface area contributed by atoms with Crippen LogP contribution in [0.3, 0.4) is 0 Å². The number of nitrogens with zero attached hydrogens (tertiary/aromatic N) is 2. The van der Waals surface area contributed by atoms with Crippen molar-refractivity contribution in [2.75, 3.05) is 6.61 Å². The standard InChI is InChI=1S/C30H23ClN2O6S/c1-18-26(29(37)39-16-20-5-3-2-4-6-20)27(21-9-11-22(31)12-10-21)33-28(36)24(40-30(33)32-18)15-19-7-13-23(14-8-19)38-17-25(34)35/h2-15,27H,16-17H2,1H3,(H,34,35)/b24-15-. The molecule has 1 aliphatic heterocycles. The van der Waals surface area contributed by atoms with Gasteiger partial charge >= 0.3 is 11.9 Å². The number of carboxylic acids is 1. The summed E-state index contributed by atoms with van der Waals surface area (Å²) in [5.74, 6) is -1.23. The van der Waals surface area contributed by atoms with E-state index in [9.17, 15) is 14.4 Å². The first kappa shape index (κ1) is 27.1. The van der Waals surface area contributed by atoms with Crippen molar-refractivity contribution in [2.45, 2.75) is 19.6 Å². The van der Waals surface area contributed by atoms with E-state index in [0.29, 0.717) is 36.9 Å². The Morgan fingerprint density at radius 2 is 1.75 bits per heavy atom. The smallest absolute Gasteiger partial charge is 0.341 e. The number of carbonyl (C=O) groups excluding carboxylic acids is 1. The Balaban J connectivity index is 1.53. The molecule has 0 aliphatic carbocycles. The van der Waals surface area contributed by atoms with Crippen molar-refractivity contribution in [1.82, 2.24) is 4.57 Å². The highest BCUT2D eigenvalue weighted by Crippen LogP contribution is 2.31. The first-order valence-corrected chi connectivity index (χ1v) is 13.4. The number of aliphatic carboxylic acids is 1. The summed E-state index contributed by atoms with van der Waals surface area (Å²) in [4.78, 5) is 43.0. The zero-order valence-electron chi connectivity index (χ0n) is 21.2. The van der Waals surface area contributed by atoms with E-state index >= 15 is 0 Å². The fourth-order valence-corrected chi connectivity index (χ4v) is 5.47. The number of benzene rings is 3. The SMILES string of the molecule is CC1=C(C(=O)OCc2ccccc2)C(c2ccc(Cl)cc2)n2c(s/c(=C\c3ccc(OCC(=O)O)cc3)c2=O)=N1. The third-order valence-corrected chi connectivity index (χ3v) is 7.42. The number of thiazole rings is 1. The number of aromatic nitrogens is 1. The zero-order chi connectivity index (χ0) is 28.2. The maximum Gasteiger partial charge on any atom is 0.341 e. The van der Waals surface area contributed by atoms with Crippen LogP contribution in [-0.4, -0.2) is 28.2 Å². The summed E-state index contributed by atoms with van der Waals surface area (Å²) in [6, 6.07) is 22.3. The number of rotatable bonds is 8. The molecule has 0 saturated heterocycles. The molecular weight excluding hydrogens is 552 g/mol. The van der Waals surface area contributed by atoms with Gasteiger partial charge in [-0.05, 0) is 54.0 Å². The van der Waals surface area contributed by atoms with Crippen molar-refractivity contribution in [2.24, 2.45) is 4.99 Å². The van der Waals surface area contributed by atoms with Crippen molar-refractivity contribution in [3.8, 4) is 5.75 Å². The van der Waals surface area contributed by atoms with Gasteiger partial charge < -0.3 is 14.6 Å². The predicted octanol–water partition coefficient (Wildman–Crippen LogP) is 4.10. The third-order valence-electron chi connectivity index (χ3n) is 6.18. The zero-order valence-corrected chi connectivity index (χ0v) is 22.8. The molecule has 5 rings (SSSR count). The number of fused-ring (bicyclic) bond motifs is 1. The van der Waals surface area contributed by atoms with Crippen molar-refractivity contribution < 1.29 is 24.2 Å². The minimum atomic E-state index is -1.07. The van der Waals surface area contributed by atoms with Gasteiger partial charge in [0.1, 0.15) is 12.4 Å². The lowest BCUT2D eigenvalue weighted by Gasteiger charge is -2.24. The Bertz CT molecular complexity index is 1780. The molecule has 0 amide bonds. The molecule has 0 spiro atoms. The van der Waals surface area contributed by atoms with Crippen LogP contribution in [0.5, 0.6) is 5.75 Å². The van der Waals surface area contributed by atoms with Gasteiger partial charge in [0.2, 0.25) is 0 Å². The van der Waals surface area contributed by atoms with E-state index in [4.69, 9.17) is 26.2 Å². The molecule has 4 aromatic rings.